The van der Waals surface area contributed by atoms with Crippen LogP contribution in [0.3, 0.4) is 0 Å². The Morgan fingerprint density at radius 3 is 2.83 bits per heavy atom. The van der Waals surface area contributed by atoms with Gasteiger partial charge in [0, 0.05) is 37.9 Å². The van der Waals surface area contributed by atoms with E-state index in [1.54, 1.807) is 7.11 Å². The summed E-state index contributed by atoms with van der Waals surface area (Å²) in [7, 11) is 3.83. The van der Waals surface area contributed by atoms with Crippen LogP contribution in [-0.4, -0.2) is 56.2 Å². The van der Waals surface area contributed by atoms with Crippen LogP contribution < -0.4 is 10.1 Å². The monoisotopic (exact) mass is 317 g/mol. The molecule has 1 saturated carbocycles. The number of nitrogens with zero attached hydrogens (tertiary/aromatic N) is 2. The van der Waals surface area contributed by atoms with Gasteiger partial charge in [-0.2, -0.15) is 0 Å². The fraction of sp³-hybridized carbons (Fsp3) is 0.611. The van der Waals surface area contributed by atoms with Gasteiger partial charge in [-0.25, -0.2) is 4.79 Å². The van der Waals surface area contributed by atoms with Gasteiger partial charge < -0.3 is 19.9 Å². The number of urea groups is 1. The van der Waals surface area contributed by atoms with Gasteiger partial charge in [-0.15, -0.1) is 0 Å². The highest BCUT2D eigenvalue weighted by molar-refractivity contribution is 5.89. The topological polar surface area (TPSA) is 44.8 Å². The van der Waals surface area contributed by atoms with Gasteiger partial charge in [-0.05, 0) is 50.3 Å². The molecule has 1 atom stereocenters. The molecule has 126 valence electrons. The smallest absolute Gasteiger partial charge is 0.321 e. The summed E-state index contributed by atoms with van der Waals surface area (Å²) < 4.78 is 5.19. The zero-order chi connectivity index (χ0) is 16.2. The Kier molecular flexibility index (Phi) is 5.06. The van der Waals surface area contributed by atoms with Crippen LogP contribution in [0.25, 0.3) is 0 Å². The normalized spacial score (nSPS) is 20.8. The average Bonchev–Trinajstić information content (AvgIpc) is 3.22. The molecular weight excluding hydrogens is 290 g/mol. The van der Waals surface area contributed by atoms with Crippen molar-refractivity contribution in [2.24, 2.45) is 11.8 Å². The van der Waals surface area contributed by atoms with E-state index in [9.17, 15) is 4.79 Å². The van der Waals surface area contributed by atoms with Crippen LogP contribution in [0.2, 0.25) is 0 Å². The molecule has 0 radical (unpaired) electrons. The molecule has 1 unspecified atom stereocenters. The van der Waals surface area contributed by atoms with Gasteiger partial charge in [0.1, 0.15) is 5.75 Å². The number of amides is 2. The molecule has 1 heterocycles. The number of nitrogens with one attached hydrogen (secondary N) is 1. The molecule has 2 amide bonds. The van der Waals surface area contributed by atoms with E-state index in [1.807, 2.05) is 29.2 Å². The van der Waals surface area contributed by atoms with Crippen molar-refractivity contribution in [3.05, 3.63) is 24.3 Å². The van der Waals surface area contributed by atoms with Crippen LogP contribution in [-0.2, 0) is 0 Å². The van der Waals surface area contributed by atoms with Gasteiger partial charge in [0.2, 0.25) is 0 Å². The standard InChI is InChI=1S/C18H27N3O2/c1-20(11-14-6-7-14)12-15-8-9-21(13-15)18(22)19-16-4-3-5-17(10-16)23-2/h3-5,10,14-15H,6-9,11-13H2,1-2H3,(H,19,22). The van der Waals surface area contributed by atoms with E-state index in [1.165, 1.54) is 19.4 Å². The molecule has 1 aliphatic carbocycles. The van der Waals surface area contributed by atoms with E-state index in [0.717, 1.165) is 43.4 Å². The summed E-state index contributed by atoms with van der Waals surface area (Å²) in [5.74, 6) is 2.27. The Morgan fingerprint density at radius 2 is 2.09 bits per heavy atom. The van der Waals surface area contributed by atoms with Crippen molar-refractivity contribution in [1.29, 1.82) is 0 Å². The molecule has 0 spiro atoms. The molecule has 1 aromatic carbocycles. The Bertz CT molecular complexity index is 545. The maximum Gasteiger partial charge on any atom is 0.321 e. The second-order valence-corrected chi connectivity index (χ2v) is 6.93. The van der Waals surface area contributed by atoms with Crippen molar-refractivity contribution < 1.29 is 9.53 Å². The maximum atomic E-state index is 12.4. The first-order valence-corrected chi connectivity index (χ1v) is 8.52. The first-order chi connectivity index (χ1) is 11.1. The molecule has 3 rings (SSSR count). The number of carbonyl (C=O) groups excluding carboxylic acids is 1. The summed E-state index contributed by atoms with van der Waals surface area (Å²) in [6.45, 7) is 4.01. The van der Waals surface area contributed by atoms with Crippen molar-refractivity contribution in [3.8, 4) is 5.75 Å². The van der Waals surface area contributed by atoms with Crippen LogP contribution >= 0.6 is 0 Å². The molecule has 0 bridgehead atoms. The summed E-state index contributed by atoms with van der Waals surface area (Å²) in [5.41, 5.74) is 0.781. The van der Waals surface area contributed by atoms with Crippen LogP contribution in [0.1, 0.15) is 19.3 Å². The molecule has 23 heavy (non-hydrogen) atoms. The average molecular weight is 317 g/mol. The Labute approximate surface area is 138 Å². The fourth-order valence-corrected chi connectivity index (χ4v) is 3.33. The third-order valence-corrected chi connectivity index (χ3v) is 4.73. The van der Waals surface area contributed by atoms with Crippen LogP contribution in [0.4, 0.5) is 10.5 Å². The molecule has 1 aromatic rings. The molecule has 2 aliphatic rings. The Morgan fingerprint density at radius 1 is 1.30 bits per heavy atom. The molecular formula is C18H27N3O2. The number of carbonyl (C=O) groups is 1. The number of rotatable bonds is 6. The number of anilines is 1. The lowest BCUT2D eigenvalue weighted by Crippen LogP contribution is -2.35. The molecule has 1 aliphatic heterocycles. The second kappa shape index (κ2) is 7.21. The predicted molar refractivity (Wildman–Crippen MR) is 91.9 cm³/mol. The number of likely N-dealkylation sites (tertiary alicyclic amines) is 1. The van der Waals surface area contributed by atoms with E-state index >= 15 is 0 Å². The van der Waals surface area contributed by atoms with E-state index in [0.29, 0.717) is 5.92 Å². The van der Waals surface area contributed by atoms with Gasteiger partial charge >= 0.3 is 6.03 Å². The first kappa shape index (κ1) is 16.1. The Hall–Kier alpha value is -1.75. The Balaban J connectivity index is 1.46. The van der Waals surface area contributed by atoms with Gasteiger partial charge in [-0.3, -0.25) is 0 Å². The quantitative estimate of drug-likeness (QED) is 0.877. The van der Waals surface area contributed by atoms with E-state index < -0.39 is 0 Å². The summed E-state index contributed by atoms with van der Waals surface area (Å²) in [6.07, 6.45) is 3.88. The van der Waals surface area contributed by atoms with Crippen molar-refractivity contribution in [2.75, 3.05) is 45.7 Å². The van der Waals surface area contributed by atoms with Crippen molar-refractivity contribution >= 4 is 11.7 Å². The highest BCUT2D eigenvalue weighted by atomic mass is 16.5. The molecule has 0 aromatic heterocycles. The van der Waals surface area contributed by atoms with Crippen molar-refractivity contribution in [1.82, 2.24) is 9.80 Å². The van der Waals surface area contributed by atoms with Crippen LogP contribution in [0, 0.1) is 11.8 Å². The summed E-state index contributed by atoms with van der Waals surface area (Å²) in [4.78, 5) is 16.8. The predicted octanol–water partition coefficient (Wildman–Crippen LogP) is 2.89. The first-order valence-electron chi connectivity index (χ1n) is 8.52. The van der Waals surface area contributed by atoms with Crippen molar-refractivity contribution in [3.63, 3.8) is 0 Å². The van der Waals surface area contributed by atoms with Gasteiger partial charge in [0.05, 0.1) is 7.11 Å². The van der Waals surface area contributed by atoms with E-state index in [-0.39, 0.29) is 6.03 Å². The lowest BCUT2D eigenvalue weighted by atomic mass is 10.1. The molecule has 5 nitrogen and oxygen atoms in total. The molecule has 1 N–H and O–H groups in total. The summed E-state index contributed by atoms with van der Waals surface area (Å²) in [5, 5.41) is 2.97. The van der Waals surface area contributed by atoms with E-state index in [2.05, 4.69) is 17.3 Å². The number of ether oxygens (including phenoxy) is 1. The highest BCUT2D eigenvalue weighted by Gasteiger charge is 2.29. The number of methoxy groups -OCH3 is 1. The highest BCUT2D eigenvalue weighted by Crippen LogP contribution is 2.30. The lowest BCUT2D eigenvalue weighted by molar-refractivity contribution is 0.216. The molecule has 1 saturated heterocycles. The lowest BCUT2D eigenvalue weighted by Gasteiger charge is -2.21. The maximum absolute atomic E-state index is 12.4. The van der Waals surface area contributed by atoms with E-state index in [4.69, 9.17) is 4.74 Å². The van der Waals surface area contributed by atoms with Gasteiger partial charge in [0.15, 0.2) is 0 Å². The summed E-state index contributed by atoms with van der Waals surface area (Å²) in [6, 6.07) is 7.47. The van der Waals surface area contributed by atoms with Gasteiger partial charge in [-0.1, -0.05) is 6.07 Å². The number of hydrogen-bond donors (Lipinski definition) is 1. The minimum atomic E-state index is -0.00870. The number of hydrogen-bond acceptors (Lipinski definition) is 3. The number of benzene rings is 1. The molecule has 2 fully saturated rings. The zero-order valence-corrected chi connectivity index (χ0v) is 14.1. The third-order valence-electron chi connectivity index (χ3n) is 4.73. The van der Waals surface area contributed by atoms with Crippen molar-refractivity contribution in [2.45, 2.75) is 19.3 Å². The van der Waals surface area contributed by atoms with Crippen LogP contribution in [0.5, 0.6) is 5.75 Å². The third kappa shape index (κ3) is 4.61. The zero-order valence-electron chi connectivity index (χ0n) is 14.1. The molecule has 5 heteroatoms. The minimum Gasteiger partial charge on any atom is -0.497 e. The minimum absolute atomic E-state index is 0.00870. The van der Waals surface area contributed by atoms with Gasteiger partial charge in [0.25, 0.3) is 0 Å². The summed E-state index contributed by atoms with van der Waals surface area (Å²) >= 11 is 0. The fourth-order valence-electron chi connectivity index (χ4n) is 3.33. The van der Waals surface area contributed by atoms with Crippen LogP contribution in [0.15, 0.2) is 24.3 Å². The second-order valence-electron chi connectivity index (χ2n) is 6.93. The largest absolute Gasteiger partial charge is 0.497 e. The SMILES string of the molecule is COc1cccc(NC(=O)N2CCC(CN(C)CC3CC3)C2)c1.